The van der Waals surface area contributed by atoms with Gasteiger partial charge in [0.1, 0.15) is 5.65 Å². The zero-order valence-corrected chi connectivity index (χ0v) is 16.7. The number of nitrogens with zero attached hydrogens (tertiary/aromatic N) is 4. The van der Waals surface area contributed by atoms with Gasteiger partial charge in [-0.15, -0.1) is 0 Å². The van der Waals surface area contributed by atoms with E-state index < -0.39 is 4.92 Å². The van der Waals surface area contributed by atoms with Crippen LogP contribution in [0.2, 0.25) is 0 Å². The monoisotopic (exact) mass is 395 g/mol. The van der Waals surface area contributed by atoms with Crippen molar-refractivity contribution in [2.45, 2.75) is 19.9 Å². The van der Waals surface area contributed by atoms with Crippen LogP contribution in [0.15, 0.2) is 36.5 Å². The maximum atomic E-state index is 11.5. The summed E-state index contributed by atoms with van der Waals surface area (Å²) in [6.45, 7) is 6.72. The number of nitro benzene ring substituents is 1. The molecule has 1 aromatic carbocycles. The van der Waals surface area contributed by atoms with Gasteiger partial charge in [-0.1, -0.05) is 6.07 Å². The third kappa shape index (κ3) is 3.81. The molecule has 0 spiro atoms. The van der Waals surface area contributed by atoms with Crippen molar-refractivity contribution in [2.24, 2.45) is 0 Å². The highest BCUT2D eigenvalue weighted by atomic mass is 16.6. The second kappa shape index (κ2) is 8.18. The molecule has 0 radical (unpaired) electrons. The number of nitro groups is 1. The Morgan fingerprint density at radius 1 is 1.28 bits per heavy atom. The van der Waals surface area contributed by atoms with E-state index in [1.165, 1.54) is 7.11 Å². The molecular weight excluding hydrogens is 370 g/mol. The summed E-state index contributed by atoms with van der Waals surface area (Å²) < 4.78 is 7.27. The number of fused-ring (bicyclic) bond motifs is 1. The van der Waals surface area contributed by atoms with E-state index in [2.05, 4.69) is 14.6 Å². The normalized spacial score (nSPS) is 15.4. The van der Waals surface area contributed by atoms with Gasteiger partial charge in [-0.2, -0.15) is 0 Å². The summed E-state index contributed by atoms with van der Waals surface area (Å²) in [5.74, 6) is 0.249. The van der Waals surface area contributed by atoms with Crippen LogP contribution in [0.1, 0.15) is 17.7 Å². The first-order valence-electron chi connectivity index (χ1n) is 9.81. The molecule has 3 heterocycles. The standard InChI is InChI=1S/C21H25N5O3/c1-15-5-3-11-25-18(14-24-10-4-8-22-9-12-24)20(23-21(15)25)16-6-7-19(29-2)17(13-16)26(27)28/h3,5-7,11,13,22H,4,8-10,12,14H2,1-2H3. The lowest BCUT2D eigenvalue weighted by Gasteiger charge is -2.20. The van der Waals surface area contributed by atoms with Gasteiger partial charge in [0.15, 0.2) is 5.75 Å². The topological polar surface area (TPSA) is 84.9 Å². The highest BCUT2D eigenvalue weighted by Gasteiger charge is 2.22. The molecule has 152 valence electrons. The summed E-state index contributed by atoms with van der Waals surface area (Å²) in [7, 11) is 1.44. The third-order valence-electron chi connectivity index (χ3n) is 5.40. The van der Waals surface area contributed by atoms with Crippen LogP contribution in [0.25, 0.3) is 16.9 Å². The SMILES string of the molecule is COc1ccc(-c2nc3c(C)cccn3c2CN2CCCNCC2)cc1[N+](=O)[O-]. The largest absolute Gasteiger partial charge is 0.490 e. The molecule has 0 saturated carbocycles. The van der Waals surface area contributed by atoms with E-state index >= 15 is 0 Å². The zero-order chi connectivity index (χ0) is 20.4. The van der Waals surface area contributed by atoms with E-state index in [0.717, 1.165) is 67.3 Å². The minimum absolute atomic E-state index is 0.0521. The Morgan fingerprint density at radius 2 is 2.14 bits per heavy atom. The Bertz CT molecular complexity index is 1040. The number of nitrogens with one attached hydrogen (secondary N) is 1. The first-order chi connectivity index (χ1) is 14.1. The van der Waals surface area contributed by atoms with Crippen LogP contribution in [-0.2, 0) is 6.54 Å². The molecule has 0 aliphatic carbocycles. The van der Waals surface area contributed by atoms with Gasteiger partial charge in [-0.05, 0) is 50.2 Å². The quantitative estimate of drug-likeness (QED) is 0.528. The lowest BCUT2D eigenvalue weighted by molar-refractivity contribution is -0.385. The van der Waals surface area contributed by atoms with Crippen molar-refractivity contribution in [2.75, 3.05) is 33.3 Å². The Hall–Kier alpha value is -2.97. The van der Waals surface area contributed by atoms with Gasteiger partial charge >= 0.3 is 5.69 Å². The van der Waals surface area contributed by atoms with Gasteiger partial charge in [0, 0.05) is 37.5 Å². The van der Waals surface area contributed by atoms with Crippen LogP contribution < -0.4 is 10.1 Å². The molecule has 4 rings (SSSR count). The van der Waals surface area contributed by atoms with Crippen LogP contribution in [0.5, 0.6) is 5.75 Å². The van der Waals surface area contributed by atoms with Crippen molar-refractivity contribution in [1.29, 1.82) is 0 Å². The minimum Gasteiger partial charge on any atom is -0.490 e. The predicted octanol–water partition coefficient (Wildman–Crippen LogP) is 3.02. The number of ether oxygens (including phenoxy) is 1. The first-order valence-corrected chi connectivity index (χ1v) is 9.81. The number of hydrogen-bond donors (Lipinski definition) is 1. The van der Waals surface area contributed by atoms with Crippen molar-refractivity contribution in [1.82, 2.24) is 19.6 Å². The predicted molar refractivity (Wildman–Crippen MR) is 111 cm³/mol. The number of aryl methyl sites for hydroxylation is 1. The highest BCUT2D eigenvalue weighted by Crippen LogP contribution is 2.34. The molecule has 29 heavy (non-hydrogen) atoms. The molecular formula is C21H25N5O3. The molecule has 0 amide bonds. The van der Waals surface area contributed by atoms with Gasteiger partial charge < -0.3 is 14.5 Å². The molecule has 3 aromatic rings. The zero-order valence-electron chi connectivity index (χ0n) is 16.7. The van der Waals surface area contributed by atoms with Crippen LogP contribution in [0.3, 0.4) is 0 Å². The summed E-state index contributed by atoms with van der Waals surface area (Å²) in [5.41, 5.74) is 4.45. The van der Waals surface area contributed by atoms with Crippen molar-refractivity contribution < 1.29 is 9.66 Å². The molecule has 0 bridgehead atoms. The fourth-order valence-corrected chi connectivity index (χ4v) is 3.89. The molecule has 1 N–H and O–H groups in total. The van der Waals surface area contributed by atoms with Crippen molar-refractivity contribution in [3.63, 3.8) is 0 Å². The maximum absolute atomic E-state index is 11.5. The van der Waals surface area contributed by atoms with Crippen LogP contribution in [0, 0.1) is 17.0 Å². The van der Waals surface area contributed by atoms with E-state index in [9.17, 15) is 10.1 Å². The Balaban J connectivity index is 1.84. The van der Waals surface area contributed by atoms with Crippen molar-refractivity contribution in [3.8, 4) is 17.0 Å². The number of benzene rings is 1. The highest BCUT2D eigenvalue weighted by molar-refractivity contribution is 5.71. The molecule has 2 aromatic heterocycles. The summed E-state index contributed by atoms with van der Waals surface area (Å²) in [5, 5.41) is 14.9. The van der Waals surface area contributed by atoms with E-state index in [1.54, 1.807) is 12.1 Å². The first kappa shape index (κ1) is 19.4. The van der Waals surface area contributed by atoms with Gasteiger partial charge in [-0.25, -0.2) is 4.98 Å². The molecule has 1 saturated heterocycles. The summed E-state index contributed by atoms with van der Waals surface area (Å²) >= 11 is 0. The summed E-state index contributed by atoms with van der Waals surface area (Å²) in [4.78, 5) is 18.4. The summed E-state index contributed by atoms with van der Waals surface area (Å²) in [6.07, 6.45) is 3.11. The average molecular weight is 395 g/mol. The molecule has 8 heteroatoms. The Labute approximate surface area is 169 Å². The van der Waals surface area contributed by atoms with Crippen molar-refractivity contribution >= 4 is 11.3 Å². The summed E-state index contributed by atoms with van der Waals surface area (Å²) in [6, 6.07) is 9.09. The fourth-order valence-electron chi connectivity index (χ4n) is 3.89. The van der Waals surface area contributed by atoms with Gasteiger partial charge in [0.05, 0.1) is 23.4 Å². The number of aromatic nitrogens is 2. The third-order valence-corrected chi connectivity index (χ3v) is 5.40. The van der Waals surface area contributed by atoms with Crippen molar-refractivity contribution in [3.05, 3.63) is 57.9 Å². The Morgan fingerprint density at radius 3 is 2.93 bits per heavy atom. The molecule has 1 aliphatic heterocycles. The lowest BCUT2D eigenvalue weighted by Crippen LogP contribution is -2.28. The number of methoxy groups -OCH3 is 1. The van der Waals surface area contributed by atoms with Crippen LogP contribution in [0.4, 0.5) is 5.69 Å². The maximum Gasteiger partial charge on any atom is 0.311 e. The van der Waals surface area contributed by atoms with E-state index in [1.807, 2.05) is 31.3 Å². The number of rotatable bonds is 5. The minimum atomic E-state index is -0.413. The molecule has 0 unspecified atom stereocenters. The van der Waals surface area contributed by atoms with Crippen LogP contribution >= 0.6 is 0 Å². The second-order valence-electron chi connectivity index (χ2n) is 7.32. The number of imidazole rings is 1. The van der Waals surface area contributed by atoms with Gasteiger partial charge in [0.25, 0.3) is 0 Å². The van der Waals surface area contributed by atoms with Crippen LogP contribution in [-0.4, -0.2) is 52.5 Å². The lowest BCUT2D eigenvalue weighted by atomic mass is 10.1. The smallest absolute Gasteiger partial charge is 0.311 e. The number of hydrogen-bond acceptors (Lipinski definition) is 6. The van der Waals surface area contributed by atoms with E-state index in [4.69, 9.17) is 9.72 Å². The molecule has 8 nitrogen and oxygen atoms in total. The molecule has 0 atom stereocenters. The average Bonchev–Trinajstić information content (AvgIpc) is 2.90. The fraction of sp³-hybridized carbons (Fsp3) is 0.381. The van der Waals surface area contributed by atoms with E-state index in [-0.39, 0.29) is 11.4 Å². The van der Waals surface area contributed by atoms with Gasteiger partial charge in [-0.3, -0.25) is 15.0 Å². The Kier molecular flexibility index (Phi) is 5.46. The van der Waals surface area contributed by atoms with Gasteiger partial charge in [0.2, 0.25) is 0 Å². The number of pyridine rings is 1. The molecule has 1 fully saturated rings. The molecule has 1 aliphatic rings. The second-order valence-corrected chi connectivity index (χ2v) is 7.32. The van der Waals surface area contributed by atoms with E-state index in [0.29, 0.717) is 0 Å².